The van der Waals surface area contributed by atoms with Crippen LogP contribution in [0, 0.1) is 6.92 Å². The van der Waals surface area contributed by atoms with E-state index in [9.17, 15) is 14.4 Å². The van der Waals surface area contributed by atoms with Crippen LogP contribution in [0.2, 0.25) is 0 Å². The number of hydrogen-bond acceptors (Lipinski definition) is 8. The lowest BCUT2D eigenvalue weighted by Gasteiger charge is -2.02. The number of carbonyl (C=O) groups excluding carboxylic acids is 1. The number of nitrogens with one attached hydrogen (secondary N) is 3. The number of rotatable bonds is 6. The van der Waals surface area contributed by atoms with E-state index in [0.717, 1.165) is 11.8 Å². The van der Waals surface area contributed by atoms with Crippen LogP contribution in [0.15, 0.2) is 43.6 Å². The fourth-order valence-electron chi connectivity index (χ4n) is 2.10. The molecular formula is C15H14N6O4S. The summed E-state index contributed by atoms with van der Waals surface area (Å²) in [5.41, 5.74) is -0.316. The molecular weight excluding hydrogens is 360 g/mol. The van der Waals surface area contributed by atoms with Crippen molar-refractivity contribution in [1.29, 1.82) is 0 Å². The van der Waals surface area contributed by atoms with Gasteiger partial charge < -0.3 is 14.7 Å². The number of hydrogen-bond donors (Lipinski definition) is 3. The lowest BCUT2D eigenvalue weighted by atomic mass is 10.2. The largest absolute Gasteiger partial charge is 0.416 e. The summed E-state index contributed by atoms with van der Waals surface area (Å²) in [6.45, 7) is 1.61. The smallest absolute Gasteiger partial charge is 0.325 e. The van der Waals surface area contributed by atoms with Crippen molar-refractivity contribution < 1.29 is 9.21 Å². The quantitative estimate of drug-likeness (QED) is 0.528. The zero-order valence-electron chi connectivity index (χ0n) is 13.6. The van der Waals surface area contributed by atoms with Crippen molar-refractivity contribution in [1.82, 2.24) is 25.1 Å². The summed E-state index contributed by atoms with van der Waals surface area (Å²) in [5, 5.41) is 10.5. The molecule has 0 saturated carbocycles. The molecule has 0 aliphatic carbocycles. The third-order valence-electron chi connectivity index (χ3n) is 3.29. The molecule has 0 saturated heterocycles. The van der Waals surface area contributed by atoms with Gasteiger partial charge in [0, 0.05) is 17.5 Å². The average molecular weight is 374 g/mol. The second-order valence-electron chi connectivity index (χ2n) is 5.20. The van der Waals surface area contributed by atoms with Crippen LogP contribution in [0.3, 0.4) is 0 Å². The molecule has 3 N–H and O–H groups in total. The minimum atomic E-state index is -0.572. The van der Waals surface area contributed by atoms with E-state index in [1.165, 1.54) is 0 Å². The monoisotopic (exact) mass is 374 g/mol. The zero-order chi connectivity index (χ0) is 18.5. The van der Waals surface area contributed by atoms with Gasteiger partial charge in [-0.2, -0.15) is 0 Å². The van der Waals surface area contributed by atoms with Crippen molar-refractivity contribution in [3.8, 4) is 0 Å². The Kier molecular flexibility index (Phi) is 5.27. The van der Waals surface area contributed by atoms with Crippen LogP contribution in [0.5, 0.6) is 0 Å². The number of aryl methyl sites for hydroxylation is 1. The standard InChI is InChI=1S/C15H14N6O4S/c1-8-9(13(23)19-14(24)17-8)6-12-20-21-15(25-12)26-7-11(22)18-10-4-2-3-5-16-10/h2-5H,6-7H2,1H3,(H,16,18,22)(H2,17,19,23,24). The summed E-state index contributed by atoms with van der Waals surface area (Å²) in [6.07, 6.45) is 1.65. The van der Waals surface area contributed by atoms with Crippen LogP contribution in [0.4, 0.5) is 5.82 Å². The molecule has 1 amide bonds. The minimum Gasteiger partial charge on any atom is -0.416 e. The van der Waals surface area contributed by atoms with Gasteiger partial charge in [-0.1, -0.05) is 17.8 Å². The second-order valence-corrected chi connectivity index (χ2v) is 6.13. The Labute approximate surface area is 150 Å². The first-order valence-electron chi connectivity index (χ1n) is 7.49. The first-order valence-corrected chi connectivity index (χ1v) is 8.48. The molecule has 0 radical (unpaired) electrons. The third kappa shape index (κ3) is 4.45. The summed E-state index contributed by atoms with van der Waals surface area (Å²) >= 11 is 1.07. The number of H-pyrrole nitrogens is 2. The fourth-order valence-corrected chi connectivity index (χ4v) is 2.68. The van der Waals surface area contributed by atoms with Gasteiger partial charge in [-0.3, -0.25) is 14.6 Å². The van der Waals surface area contributed by atoms with Crippen molar-refractivity contribution in [2.45, 2.75) is 18.6 Å². The number of amides is 1. The Balaban J connectivity index is 1.59. The van der Waals surface area contributed by atoms with Crippen LogP contribution < -0.4 is 16.6 Å². The van der Waals surface area contributed by atoms with Gasteiger partial charge in [0.05, 0.1) is 12.2 Å². The number of nitrogens with zero attached hydrogens (tertiary/aromatic N) is 3. The molecule has 134 valence electrons. The number of carbonyl (C=O) groups is 1. The van der Waals surface area contributed by atoms with E-state index in [4.69, 9.17) is 4.42 Å². The van der Waals surface area contributed by atoms with Crippen molar-refractivity contribution in [3.05, 3.63) is 62.4 Å². The van der Waals surface area contributed by atoms with Crippen molar-refractivity contribution >= 4 is 23.5 Å². The van der Waals surface area contributed by atoms with Gasteiger partial charge >= 0.3 is 5.69 Å². The van der Waals surface area contributed by atoms with Crippen LogP contribution in [-0.2, 0) is 11.2 Å². The van der Waals surface area contributed by atoms with Gasteiger partial charge in [0.2, 0.25) is 11.8 Å². The van der Waals surface area contributed by atoms with E-state index in [1.54, 1.807) is 31.3 Å². The molecule has 3 heterocycles. The van der Waals surface area contributed by atoms with Gasteiger partial charge in [0.25, 0.3) is 10.8 Å². The molecule has 3 rings (SSSR count). The molecule has 0 atom stereocenters. The Bertz CT molecular complexity index is 1030. The normalized spacial score (nSPS) is 10.7. The predicted molar refractivity (Wildman–Crippen MR) is 93.1 cm³/mol. The van der Waals surface area contributed by atoms with Gasteiger partial charge in [-0.05, 0) is 19.1 Å². The molecule has 11 heteroatoms. The van der Waals surface area contributed by atoms with Crippen LogP contribution in [0.25, 0.3) is 0 Å². The highest BCUT2D eigenvalue weighted by Gasteiger charge is 2.14. The van der Waals surface area contributed by atoms with Crippen molar-refractivity contribution in [3.63, 3.8) is 0 Å². The number of pyridine rings is 1. The molecule has 0 bridgehead atoms. The van der Waals surface area contributed by atoms with E-state index in [0.29, 0.717) is 17.1 Å². The summed E-state index contributed by atoms with van der Waals surface area (Å²) in [5.74, 6) is 0.466. The second kappa shape index (κ2) is 7.78. The van der Waals surface area contributed by atoms with Gasteiger partial charge in [-0.25, -0.2) is 9.78 Å². The molecule has 26 heavy (non-hydrogen) atoms. The average Bonchev–Trinajstić information content (AvgIpc) is 3.05. The fraction of sp³-hybridized carbons (Fsp3) is 0.200. The van der Waals surface area contributed by atoms with E-state index in [2.05, 4.69) is 30.5 Å². The zero-order valence-corrected chi connectivity index (χ0v) is 14.4. The summed E-state index contributed by atoms with van der Waals surface area (Å²) < 4.78 is 5.43. The Morgan fingerprint density at radius 2 is 2.12 bits per heavy atom. The highest BCUT2D eigenvalue weighted by molar-refractivity contribution is 7.99. The number of anilines is 1. The van der Waals surface area contributed by atoms with E-state index in [-0.39, 0.29) is 29.2 Å². The number of thioether (sulfide) groups is 1. The summed E-state index contributed by atoms with van der Waals surface area (Å²) in [7, 11) is 0. The summed E-state index contributed by atoms with van der Waals surface area (Å²) in [6, 6.07) is 5.19. The molecule has 3 aromatic heterocycles. The molecule has 0 spiro atoms. The van der Waals surface area contributed by atoms with Crippen LogP contribution in [0.1, 0.15) is 17.1 Å². The van der Waals surface area contributed by atoms with Gasteiger partial charge in [0.1, 0.15) is 5.82 Å². The third-order valence-corrected chi connectivity index (χ3v) is 4.11. The van der Waals surface area contributed by atoms with E-state index in [1.807, 2.05) is 0 Å². The molecule has 0 fully saturated rings. The first-order chi connectivity index (χ1) is 12.5. The van der Waals surface area contributed by atoms with Crippen molar-refractivity contribution in [2.24, 2.45) is 0 Å². The molecule has 3 aromatic rings. The topological polar surface area (TPSA) is 147 Å². The van der Waals surface area contributed by atoms with E-state index < -0.39 is 11.2 Å². The Morgan fingerprint density at radius 1 is 1.27 bits per heavy atom. The number of aromatic nitrogens is 5. The van der Waals surface area contributed by atoms with Crippen molar-refractivity contribution in [2.75, 3.05) is 11.1 Å². The molecule has 10 nitrogen and oxygen atoms in total. The van der Waals surface area contributed by atoms with Crippen LogP contribution in [-0.4, -0.2) is 36.8 Å². The molecule has 0 aromatic carbocycles. The Morgan fingerprint density at radius 3 is 2.85 bits per heavy atom. The summed E-state index contributed by atoms with van der Waals surface area (Å²) in [4.78, 5) is 43.5. The maximum absolute atomic E-state index is 11.9. The SMILES string of the molecule is Cc1[nH]c(=O)[nH]c(=O)c1Cc1nnc(SCC(=O)Nc2ccccn2)o1. The minimum absolute atomic E-state index is 0.0659. The lowest BCUT2D eigenvalue weighted by Crippen LogP contribution is -2.27. The molecule has 0 aliphatic heterocycles. The lowest BCUT2D eigenvalue weighted by molar-refractivity contribution is -0.113. The highest BCUT2D eigenvalue weighted by atomic mass is 32.2. The van der Waals surface area contributed by atoms with Gasteiger partial charge in [0.15, 0.2) is 0 Å². The molecule has 0 unspecified atom stereocenters. The molecule has 0 aliphatic rings. The maximum atomic E-state index is 11.9. The Hall–Kier alpha value is -3.21. The first kappa shape index (κ1) is 17.6. The van der Waals surface area contributed by atoms with Crippen LogP contribution >= 0.6 is 11.8 Å². The predicted octanol–water partition coefficient (Wildman–Crippen LogP) is 0.471. The highest BCUT2D eigenvalue weighted by Crippen LogP contribution is 2.17. The number of aromatic amines is 2. The van der Waals surface area contributed by atoms with E-state index >= 15 is 0 Å². The maximum Gasteiger partial charge on any atom is 0.325 e. The van der Waals surface area contributed by atoms with Gasteiger partial charge in [-0.15, -0.1) is 10.2 Å².